The highest BCUT2D eigenvalue weighted by atomic mass is 16.6. The fraction of sp³-hybridized carbons (Fsp3) is 0.333. The molecule has 0 unspecified atom stereocenters. The number of non-ortho nitro benzene ring substituents is 1. The van der Waals surface area contributed by atoms with Crippen molar-refractivity contribution in [2.75, 3.05) is 4.90 Å². The lowest BCUT2D eigenvalue weighted by molar-refractivity contribution is -0.384. The van der Waals surface area contributed by atoms with Crippen LogP contribution in [-0.4, -0.2) is 22.5 Å². The second-order valence-electron chi connectivity index (χ2n) is 7.57. The summed E-state index contributed by atoms with van der Waals surface area (Å²) >= 11 is 0. The van der Waals surface area contributed by atoms with Gasteiger partial charge in [-0.15, -0.1) is 0 Å². The van der Waals surface area contributed by atoms with Gasteiger partial charge >= 0.3 is 0 Å². The Bertz CT molecular complexity index is 967. The van der Waals surface area contributed by atoms with E-state index in [2.05, 4.69) is 22.1 Å². The van der Waals surface area contributed by atoms with Crippen molar-refractivity contribution in [1.82, 2.24) is 0 Å². The van der Waals surface area contributed by atoms with Crippen LogP contribution in [0.1, 0.15) is 37.8 Å². The molecule has 1 heterocycles. The number of hydrogen-bond donors (Lipinski definition) is 2. The number of guanidine groups is 2. The van der Waals surface area contributed by atoms with Gasteiger partial charge in [0.25, 0.3) is 5.69 Å². The zero-order valence-electron chi connectivity index (χ0n) is 16.7. The van der Waals surface area contributed by atoms with Gasteiger partial charge in [0.15, 0.2) is 0 Å². The molecule has 0 aliphatic carbocycles. The number of nitrogens with zero attached hydrogens (tertiary/aromatic N) is 4. The maximum atomic E-state index is 10.9. The number of benzene rings is 2. The van der Waals surface area contributed by atoms with Crippen LogP contribution in [0.25, 0.3) is 0 Å². The minimum absolute atomic E-state index is 0.141. The molecule has 0 spiro atoms. The first-order valence-corrected chi connectivity index (χ1v) is 9.58. The van der Waals surface area contributed by atoms with Crippen molar-refractivity contribution in [3.8, 4) is 0 Å². The van der Waals surface area contributed by atoms with Gasteiger partial charge in [-0.2, -0.15) is 4.99 Å². The van der Waals surface area contributed by atoms with Crippen molar-refractivity contribution in [1.29, 1.82) is 0 Å². The second-order valence-corrected chi connectivity index (χ2v) is 7.57. The van der Waals surface area contributed by atoms with E-state index in [0.29, 0.717) is 5.96 Å². The Morgan fingerprint density at radius 1 is 1.03 bits per heavy atom. The number of nitro groups is 1. The second kappa shape index (κ2) is 8.30. The number of hydrogen-bond acceptors (Lipinski definition) is 7. The average Bonchev–Trinajstić information content (AvgIpc) is 2.64. The molecule has 8 heteroatoms. The Morgan fingerprint density at radius 3 is 2.28 bits per heavy atom. The van der Waals surface area contributed by atoms with E-state index in [1.54, 1.807) is 12.1 Å². The lowest BCUT2D eigenvalue weighted by Crippen LogP contribution is -2.54. The summed E-state index contributed by atoms with van der Waals surface area (Å²) in [5.41, 5.74) is 14.5. The van der Waals surface area contributed by atoms with Crippen LogP contribution in [0, 0.1) is 10.1 Å². The Kier molecular flexibility index (Phi) is 5.81. The van der Waals surface area contributed by atoms with Gasteiger partial charge in [-0.3, -0.25) is 15.0 Å². The molecule has 29 heavy (non-hydrogen) atoms. The summed E-state index contributed by atoms with van der Waals surface area (Å²) in [6.45, 7) is 3.88. The van der Waals surface area contributed by atoms with Gasteiger partial charge in [0, 0.05) is 17.8 Å². The molecule has 0 saturated carbocycles. The zero-order chi connectivity index (χ0) is 21.0. The van der Waals surface area contributed by atoms with E-state index in [1.165, 1.54) is 11.6 Å². The SMILES string of the molecule is CC1(C)N=C(N)N=C(N)N1c1cccc(CCCCc2cccc([N+](=O)[O-])c2)c1. The molecule has 0 saturated heterocycles. The molecule has 0 bridgehead atoms. The van der Waals surface area contributed by atoms with E-state index in [1.807, 2.05) is 36.9 Å². The molecule has 4 N–H and O–H groups in total. The highest BCUT2D eigenvalue weighted by Crippen LogP contribution is 2.28. The van der Waals surface area contributed by atoms with Gasteiger partial charge in [0.05, 0.1) is 4.92 Å². The standard InChI is InChI=1S/C21H26N6O2/c1-21(2)25-19(22)24-20(23)26(21)17-11-5-9-15(13-17)7-3-4-8-16-10-6-12-18(14-16)27(28)29/h5-6,9-14H,3-4,7-8H2,1-2H3,(H4,22,23,24,25). The first-order valence-electron chi connectivity index (χ1n) is 9.58. The van der Waals surface area contributed by atoms with Gasteiger partial charge < -0.3 is 11.5 Å². The molecule has 3 rings (SSSR count). The largest absolute Gasteiger partial charge is 0.369 e. The first kappa shape index (κ1) is 20.3. The number of unbranched alkanes of at least 4 members (excludes halogenated alkanes) is 1. The summed E-state index contributed by atoms with van der Waals surface area (Å²) in [4.78, 5) is 20.9. The van der Waals surface area contributed by atoms with Crippen LogP contribution < -0.4 is 16.4 Å². The van der Waals surface area contributed by atoms with Crippen LogP contribution in [0.15, 0.2) is 58.5 Å². The van der Waals surface area contributed by atoms with Gasteiger partial charge in [-0.05, 0) is 62.8 Å². The fourth-order valence-electron chi connectivity index (χ4n) is 3.59. The lowest BCUT2D eigenvalue weighted by Gasteiger charge is -2.38. The molecule has 0 aromatic heterocycles. The third-order valence-corrected chi connectivity index (χ3v) is 4.86. The molecule has 1 aliphatic heterocycles. The molecular formula is C21H26N6O2. The molecule has 152 valence electrons. The molecular weight excluding hydrogens is 368 g/mol. The maximum Gasteiger partial charge on any atom is 0.269 e. The summed E-state index contributed by atoms with van der Waals surface area (Å²) in [6.07, 6.45) is 3.64. The van der Waals surface area contributed by atoms with Gasteiger partial charge in [0.1, 0.15) is 5.66 Å². The number of anilines is 1. The summed E-state index contributed by atoms with van der Waals surface area (Å²) in [7, 11) is 0. The van der Waals surface area contributed by atoms with E-state index in [9.17, 15) is 10.1 Å². The summed E-state index contributed by atoms with van der Waals surface area (Å²) in [5.74, 6) is 0.506. The van der Waals surface area contributed by atoms with Crippen LogP contribution >= 0.6 is 0 Å². The maximum absolute atomic E-state index is 10.9. The minimum atomic E-state index is -0.615. The smallest absolute Gasteiger partial charge is 0.269 e. The third-order valence-electron chi connectivity index (χ3n) is 4.86. The van der Waals surface area contributed by atoms with Crippen molar-refractivity contribution >= 4 is 23.3 Å². The fourth-order valence-corrected chi connectivity index (χ4v) is 3.59. The van der Waals surface area contributed by atoms with E-state index in [0.717, 1.165) is 36.9 Å². The van der Waals surface area contributed by atoms with Crippen molar-refractivity contribution < 1.29 is 4.92 Å². The van der Waals surface area contributed by atoms with Gasteiger partial charge in [-0.25, -0.2) is 4.99 Å². The Hall–Kier alpha value is -3.42. The average molecular weight is 394 g/mol. The number of nitro benzene ring substituents is 1. The molecule has 0 amide bonds. The van der Waals surface area contributed by atoms with Crippen LogP contribution in [0.4, 0.5) is 11.4 Å². The van der Waals surface area contributed by atoms with E-state index in [4.69, 9.17) is 11.5 Å². The van der Waals surface area contributed by atoms with Crippen LogP contribution in [-0.2, 0) is 12.8 Å². The van der Waals surface area contributed by atoms with Crippen molar-refractivity contribution in [3.05, 3.63) is 69.8 Å². The highest BCUT2D eigenvalue weighted by molar-refractivity contribution is 6.05. The Morgan fingerprint density at radius 2 is 1.66 bits per heavy atom. The van der Waals surface area contributed by atoms with Crippen LogP contribution in [0.3, 0.4) is 0 Å². The van der Waals surface area contributed by atoms with E-state index >= 15 is 0 Å². The normalized spacial score (nSPS) is 15.6. The number of aliphatic imine (C=N–C) groups is 2. The van der Waals surface area contributed by atoms with E-state index in [-0.39, 0.29) is 16.6 Å². The monoisotopic (exact) mass is 394 g/mol. The van der Waals surface area contributed by atoms with Crippen LogP contribution in [0.5, 0.6) is 0 Å². The van der Waals surface area contributed by atoms with Gasteiger partial charge in [0.2, 0.25) is 11.9 Å². The first-order chi connectivity index (χ1) is 13.8. The molecule has 0 fully saturated rings. The number of aryl methyl sites for hydroxylation is 2. The third kappa shape index (κ3) is 4.90. The van der Waals surface area contributed by atoms with Gasteiger partial charge in [-0.1, -0.05) is 24.3 Å². The Balaban J connectivity index is 1.62. The highest BCUT2D eigenvalue weighted by Gasteiger charge is 2.32. The number of rotatable bonds is 7. The molecule has 8 nitrogen and oxygen atoms in total. The predicted molar refractivity (Wildman–Crippen MR) is 116 cm³/mol. The van der Waals surface area contributed by atoms with Crippen LogP contribution in [0.2, 0.25) is 0 Å². The summed E-state index contributed by atoms with van der Waals surface area (Å²) in [5, 5.41) is 10.9. The van der Waals surface area contributed by atoms with Crippen molar-refractivity contribution in [3.63, 3.8) is 0 Å². The van der Waals surface area contributed by atoms with Crippen molar-refractivity contribution in [2.45, 2.75) is 45.2 Å². The molecule has 1 aliphatic rings. The van der Waals surface area contributed by atoms with Crippen molar-refractivity contribution in [2.24, 2.45) is 21.5 Å². The zero-order valence-corrected chi connectivity index (χ0v) is 16.7. The predicted octanol–water partition coefficient (Wildman–Crippen LogP) is 3.35. The molecule has 2 aromatic carbocycles. The minimum Gasteiger partial charge on any atom is -0.369 e. The lowest BCUT2D eigenvalue weighted by atomic mass is 10.0. The topological polar surface area (TPSA) is 123 Å². The summed E-state index contributed by atoms with van der Waals surface area (Å²) in [6, 6.07) is 15.0. The Labute approximate surface area is 170 Å². The van der Waals surface area contributed by atoms with E-state index < -0.39 is 5.66 Å². The number of nitrogens with two attached hydrogens (primary N) is 2. The molecule has 0 radical (unpaired) electrons. The summed E-state index contributed by atoms with van der Waals surface area (Å²) < 4.78 is 0. The molecule has 0 atom stereocenters. The molecule has 2 aromatic rings. The quantitative estimate of drug-likeness (QED) is 0.423.